The van der Waals surface area contributed by atoms with Crippen molar-refractivity contribution in [2.75, 3.05) is 20.2 Å². The van der Waals surface area contributed by atoms with Gasteiger partial charge in [-0.2, -0.15) is 5.10 Å². The summed E-state index contributed by atoms with van der Waals surface area (Å²) < 4.78 is 7.22. The highest BCUT2D eigenvalue weighted by atomic mass is 16.5. The predicted octanol–water partition coefficient (Wildman–Crippen LogP) is 2.94. The molecule has 174 valence electrons. The normalized spacial score (nSPS) is 15.8. The van der Waals surface area contributed by atoms with Crippen LogP contribution >= 0.6 is 0 Å². The summed E-state index contributed by atoms with van der Waals surface area (Å²) in [5.41, 5.74) is 5.69. The number of ether oxygens (including phenoxy) is 1. The number of aromatic nitrogens is 3. The van der Waals surface area contributed by atoms with Crippen molar-refractivity contribution in [1.82, 2.24) is 24.8 Å². The summed E-state index contributed by atoms with van der Waals surface area (Å²) in [5.74, 6) is 1.09. The second kappa shape index (κ2) is 9.60. The zero-order valence-corrected chi connectivity index (χ0v) is 19.7. The summed E-state index contributed by atoms with van der Waals surface area (Å²) in [7, 11) is 1.63. The highest BCUT2D eigenvalue weighted by molar-refractivity contribution is 5.76. The van der Waals surface area contributed by atoms with Gasteiger partial charge in [-0.1, -0.05) is 18.2 Å². The fraction of sp³-hybridized carbons (Fsp3) is 0.440. The van der Waals surface area contributed by atoms with Crippen LogP contribution in [0.5, 0.6) is 5.75 Å². The molecule has 1 saturated heterocycles. The van der Waals surface area contributed by atoms with Crippen molar-refractivity contribution >= 4 is 17.5 Å². The number of amides is 2. The average Bonchev–Trinajstić information content (AvgIpc) is 3.45. The molecular weight excluding hydrogens is 418 g/mol. The quantitative estimate of drug-likeness (QED) is 0.599. The third kappa shape index (κ3) is 4.84. The third-order valence-corrected chi connectivity index (χ3v) is 6.51. The predicted molar refractivity (Wildman–Crippen MR) is 125 cm³/mol. The number of hydrogen-bond donors (Lipinski definition) is 1. The molecule has 1 aliphatic rings. The van der Waals surface area contributed by atoms with E-state index >= 15 is 0 Å². The number of carbonyl (C=O) groups excluding carboxylic acids is 2. The molecule has 0 spiro atoms. The maximum absolute atomic E-state index is 12.5. The van der Waals surface area contributed by atoms with E-state index in [9.17, 15) is 9.59 Å². The number of likely N-dealkylation sites (tertiary alicyclic amines) is 1. The Morgan fingerprint density at radius 3 is 2.76 bits per heavy atom. The molecule has 0 radical (unpaired) electrons. The van der Waals surface area contributed by atoms with Gasteiger partial charge in [0, 0.05) is 61.9 Å². The fourth-order valence-corrected chi connectivity index (χ4v) is 4.56. The van der Waals surface area contributed by atoms with E-state index in [0.29, 0.717) is 25.9 Å². The van der Waals surface area contributed by atoms with Gasteiger partial charge in [0.2, 0.25) is 11.8 Å². The highest BCUT2D eigenvalue weighted by Crippen LogP contribution is 2.28. The van der Waals surface area contributed by atoms with Gasteiger partial charge in [0.25, 0.3) is 0 Å². The lowest BCUT2D eigenvalue weighted by molar-refractivity contribution is -0.127. The van der Waals surface area contributed by atoms with Crippen molar-refractivity contribution in [1.29, 1.82) is 0 Å². The lowest BCUT2D eigenvalue weighted by atomic mass is 10.1. The zero-order valence-electron chi connectivity index (χ0n) is 19.7. The summed E-state index contributed by atoms with van der Waals surface area (Å²) in [6, 6.07) is 9.69. The summed E-state index contributed by atoms with van der Waals surface area (Å²) >= 11 is 0. The summed E-state index contributed by atoms with van der Waals surface area (Å²) in [5, 5.41) is 7.79. The first-order valence-corrected chi connectivity index (χ1v) is 11.4. The molecule has 4 rings (SSSR count). The van der Waals surface area contributed by atoms with Crippen LogP contribution < -0.4 is 10.1 Å². The first-order chi connectivity index (χ1) is 15.9. The summed E-state index contributed by atoms with van der Waals surface area (Å²) in [6.45, 7) is 7.52. The van der Waals surface area contributed by atoms with Crippen LogP contribution in [0.1, 0.15) is 53.9 Å². The van der Waals surface area contributed by atoms with Gasteiger partial charge in [0.05, 0.1) is 12.8 Å². The Balaban J connectivity index is 1.43. The van der Waals surface area contributed by atoms with Gasteiger partial charge in [-0.25, -0.2) is 9.50 Å². The standard InChI is InChI=1S/C25H31N5O3/c1-16-21(9-10-25(32)26-14-19-7-5-6-8-23(19)33-4)17(2)30-24(27-16)13-22(28-30)20-11-12-29(15-20)18(3)31/h5-8,13,20H,9-12,14-15H2,1-4H3,(H,26,32)/t20-/m0/s1. The van der Waals surface area contributed by atoms with E-state index in [1.807, 2.05) is 53.6 Å². The Labute approximate surface area is 193 Å². The van der Waals surface area contributed by atoms with Crippen molar-refractivity contribution < 1.29 is 14.3 Å². The number of nitrogens with one attached hydrogen (secondary N) is 1. The molecule has 0 aliphatic carbocycles. The van der Waals surface area contributed by atoms with Gasteiger partial charge in [-0.05, 0) is 38.3 Å². The molecule has 1 aromatic carbocycles. The molecule has 0 bridgehead atoms. The van der Waals surface area contributed by atoms with Crippen LogP contribution in [-0.4, -0.2) is 51.5 Å². The second-order valence-electron chi connectivity index (χ2n) is 8.64. The zero-order chi connectivity index (χ0) is 23.5. The van der Waals surface area contributed by atoms with Crippen LogP contribution in [0, 0.1) is 13.8 Å². The summed E-state index contributed by atoms with van der Waals surface area (Å²) in [6.07, 6.45) is 1.88. The van der Waals surface area contributed by atoms with Crippen molar-refractivity contribution in [3.05, 3.63) is 58.5 Å². The van der Waals surface area contributed by atoms with Gasteiger partial charge in [0.1, 0.15) is 5.75 Å². The topological polar surface area (TPSA) is 88.8 Å². The SMILES string of the molecule is COc1ccccc1CNC(=O)CCc1c(C)nc2cc([C@H]3CCN(C(C)=O)C3)nn2c1C. The molecular formula is C25H31N5O3. The molecule has 1 fully saturated rings. The number of hydrogen-bond acceptors (Lipinski definition) is 5. The molecule has 8 nitrogen and oxygen atoms in total. The molecule has 2 amide bonds. The van der Waals surface area contributed by atoms with Crippen molar-refractivity contribution in [3.8, 4) is 5.75 Å². The van der Waals surface area contributed by atoms with Gasteiger partial charge in [-0.15, -0.1) is 0 Å². The molecule has 1 aliphatic heterocycles. The van der Waals surface area contributed by atoms with Crippen molar-refractivity contribution in [2.24, 2.45) is 0 Å². The van der Waals surface area contributed by atoms with E-state index in [1.165, 1.54) is 0 Å². The number of nitrogens with zero attached hydrogens (tertiary/aromatic N) is 4. The van der Waals surface area contributed by atoms with Gasteiger partial charge in [0.15, 0.2) is 5.65 Å². The van der Waals surface area contributed by atoms with Gasteiger partial charge in [-0.3, -0.25) is 9.59 Å². The number of carbonyl (C=O) groups is 2. The van der Waals surface area contributed by atoms with E-state index in [4.69, 9.17) is 14.8 Å². The third-order valence-electron chi connectivity index (χ3n) is 6.51. The Hall–Kier alpha value is -3.42. The van der Waals surface area contributed by atoms with Crippen molar-refractivity contribution in [2.45, 2.75) is 52.5 Å². The van der Waals surface area contributed by atoms with E-state index in [-0.39, 0.29) is 17.7 Å². The van der Waals surface area contributed by atoms with Crippen LogP contribution in [0.15, 0.2) is 30.3 Å². The van der Waals surface area contributed by atoms with Crippen LogP contribution in [0.4, 0.5) is 0 Å². The fourth-order valence-electron chi connectivity index (χ4n) is 4.56. The molecule has 8 heteroatoms. The van der Waals surface area contributed by atoms with E-state index in [0.717, 1.165) is 52.6 Å². The van der Waals surface area contributed by atoms with Gasteiger partial charge < -0.3 is 15.0 Å². The van der Waals surface area contributed by atoms with Crippen LogP contribution in [0.25, 0.3) is 5.65 Å². The number of rotatable bonds is 7. The maximum atomic E-state index is 12.5. The number of methoxy groups -OCH3 is 1. The smallest absolute Gasteiger partial charge is 0.220 e. The molecule has 3 aromatic rings. The number of para-hydroxylation sites is 1. The lowest BCUT2D eigenvalue weighted by Crippen LogP contribution is -2.25. The highest BCUT2D eigenvalue weighted by Gasteiger charge is 2.28. The minimum atomic E-state index is -0.0174. The van der Waals surface area contributed by atoms with Crippen LogP contribution in [0.3, 0.4) is 0 Å². The van der Waals surface area contributed by atoms with E-state index < -0.39 is 0 Å². The Kier molecular flexibility index (Phi) is 6.62. The number of benzene rings is 1. The number of aryl methyl sites for hydroxylation is 2. The average molecular weight is 450 g/mol. The van der Waals surface area contributed by atoms with E-state index in [2.05, 4.69) is 5.32 Å². The first-order valence-electron chi connectivity index (χ1n) is 11.4. The van der Waals surface area contributed by atoms with Gasteiger partial charge >= 0.3 is 0 Å². The molecule has 0 saturated carbocycles. The Bertz CT molecular complexity index is 1190. The molecule has 0 unspecified atom stereocenters. The molecule has 1 N–H and O–H groups in total. The molecule has 33 heavy (non-hydrogen) atoms. The lowest BCUT2D eigenvalue weighted by Gasteiger charge is -2.12. The Morgan fingerprint density at radius 2 is 2.03 bits per heavy atom. The Morgan fingerprint density at radius 1 is 1.24 bits per heavy atom. The minimum Gasteiger partial charge on any atom is -0.496 e. The molecule has 2 aromatic heterocycles. The van der Waals surface area contributed by atoms with Crippen LogP contribution in [0.2, 0.25) is 0 Å². The molecule has 3 heterocycles. The molecule has 1 atom stereocenters. The largest absolute Gasteiger partial charge is 0.496 e. The van der Waals surface area contributed by atoms with Crippen molar-refractivity contribution in [3.63, 3.8) is 0 Å². The monoisotopic (exact) mass is 449 g/mol. The summed E-state index contributed by atoms with van der Waals surface area (Å²) in [4.78, 5) is 30.8. The first kappa shape index (κ1) is 22.8. The number of fused-ring (bicyclic) bond motifs is 1. The van der Waals surface area contributed by atoms with Crippen LogP contribution in [-0.2, 0) is 22.6 Å². The maximum Gasteiger partial charge on any atom is 0.220 e. The van der Waals surface area contributed by atoms with E-state index in [1.54, 1.807) is 14.0 Å². The minimum absolute atomic E-state index is 0.0174. The second-order valence-corrected chi connectivity index (χ2v) is 8.64.